The fourth-order valence-corrected chi connectivity index (χ4v) is 4.65. The number of hydrogen-bond acceptors (Lipinski definition) is 3. The predicted octanol–water partition coefficient (Wildman–Crippen LogP) is 5.47. The van der Waals surface area contributed by atoms with E-state index in [2.05, 4.69) is 5.32 Å². The molecule has 3 aromatic carbocycles. The molecule has 30 heavy (non-hydrogen) atoms. The van der Waals surface area contributed by atoms with Crippen molar-refractivity contribution in [3.63, 3.8) is 0 Å². The molecule has 2 amide bonds. The van der Waals surface area contributed by atoms with Gasteiger partial charge < -0.3 is 5.32 Å². The van der Waals surface area contributed by atoms with E-state index in [1.807, 2.05) is 44.2 Å². The molecule has 1 fully saturated rings. The Kier molecular flexibility index (Phi) is 5.59. The summed E-state index contributed by atoms with van der Waals surface area (Å²) < 4.78 is 14.6. The van der Waals surface area contributed by atoms with Crippen LogP contribution in [0.5, 0.6) is 0 Å². The molecule has 6 heteroatoms. The molecule has 0 aromatic heterocycles. The van der Waals surface area contributed by atoms with E-state index in [1.54, 1.807) is 30.3 Å². The number of nitrogens with one attached hydrogen (secondary N) is 1. The van der Waals surface area contributed by atoms with Gasteiger partial charge >= 0.3 is 0 Å². The molecular weight excluding hydrogens is 399 g/mol. The molecule has 1 unspecified atom stereocenters. The second-order valence-corrected chi connectivity index (χ2v) is 8.36. The number of aryl methyl sites for hydroxylation is 2. The molecule has 4 rings (SSSR count). The maximum atomic E-state index is 14.6. The predicted molar refractivity (Wildman–Crippen MR) is 119 cm³/mol. The van der Waals surface area contributed by atoms with Crippen molar-refractivity contribution in [2.75, 3.05) is 16.0 Å². The largest absolute Gasteiger partial charge is 0.322 e. The normalized spacial score (nSPS) is 16.0. The Labute approximate surface area is 179 Å². The Bertz CT molecular complexity index is 1110. The van der Waals surface area contributed by atoms with Crippen LogP contribution in [0, 0.1) is 19.7 Å². The summed E-state index contributed by atoms with van der Waals surface area (Å²) >= 11 is 1.42. The van der Waals surface area contributed by atoms with Crippen molar-refractivity contribution in [1.29, 1.82) is 0 Å². The topological polar surface area (TPSA) is 49.4 Å². The smallest absolute Gasteiger partial charge is 0.255 e. The first-order chi connectivity index (χ1) is 14.4. The molecule has 0 radical (unpaired) electrons. The number of halogens is 1. The summed E-state index contributed by atoms with van der Waals surface area (Å²) in [5.41, 5.74) is 4.12. The number of benzene rings is 3. The van der Waals surface area contributed by atoms with Gasteiger partial charge in [-0.3, -0.25) is 14.5 Å². The monoisotopic (exact) mass is 420 g/mol. The lowest BCUT2D eigenvalue weighted by Gasteiger charge is -2.26. The molecule has 1 saturated heterocycles. The summed E-state index contributed by atoms with van der Waals surface area (Å²) in [4.78, 5) is 26.9. The molecule has 0 aliphatic carbocycles. The maximum absolute atomic E-state index is 14.6. The number of anilines is 2. The van der Waals surface area contributed by atoms with Gasteiger partial charge in [-0.1, -0.05) is 42.0 Å². The molecule has 0 spiro atoms. The van der Waals surface area contributed by atoms with Crippen molar-refractivity contribution in [2.24, 2.45) is 0 Å². The fraction of sp³-hybridized carbons (Fsp3) is 0.167. The highest BCUT2D eigenvalue weighted by molar-refractivity contribution is 8.00. The Balaban J connectivity index is 1.68. The third-order valence-electron chi connectivity index (χ3n) is 5.02. The lowest BCUT2D eigenvalue weighted by atomic mass is 10.1. The number of amides is 2. The van der Waals surface area contributed by atoms with Crippen LogP contribution in [0.25, 0.3) is 0 Å². The average molecular weight is 421 g/mol. The van der Waals surface area contributed by atoms with E-state index in [1.165, 1.54) is 22.7 Å². The van der Waals surface area contributed by atoms with Gasteiger partial charge in [-0.2, -0.15) is 0 Å². The van der Waals surface area contributed by atoms with Gasteiger partial charge in [0.25, 0.3) is 5.91 Å². The first-order valence-electron chi connectivity index (χ1n) is 9.61. The van der Waals surface area contributed by atoms with Gasteiger partial charge in [-0.05, 0) is 49.7 Å². The van der Waals surface area contributed by atoms with Crippen LogP contribution in [0.15, 0.2) is 66.7 Å². The molecule has 4 nitrogen and oxygen atoms in total. The van der Waals surface area contributed by atoms with Gasteiger partial charge in [0.1, 0.15) is 11.2 Å². The molecule has 1 atom stereocenters. The minimum Gasteiger partial charge on any atom is -0.322 e. The molecule has 152 valence electrons. The first kappa shape index (κ1) is 20.2. The van der Waals surface area contributed by atoms with E-state index in [-0.39, 0.29) is 23.3 Å². The quantitative estimate of drug-likeness (QED) is 0.609. The second-order valence-electron chi connectivity index (χ2n) is 7.29. The van der Waals surface area contributed by atoms with Crippen LogP contribution in [0.3, 0.4) is 0 Å². The number of thioether (sulfide) groups is 1. The fourth-order valence-electron chi connectivity index (χ4n) is 3.45. The Morgan fingerprint density at radius 1 is 1.03 bits per heavy atom. The third kappa shape index (κ3) is 3.96. The zero-order valence-electron chi connectivity index (χ0n) is 16.7. The molecule has 1 aliphatic rings. The van der Waals surface area contributed by atoms with Gasteiger partial charge in [0, 0.05) is 16.8 Å². The van der Waals surface area contributed by atoms with Crippen LogP contribution in [-0.2, 0) is 4.79 Å². The number of para-hydroxylation sites is 1. The lowest BCUT2D eigenvalue weighted by molar-refractivity contribution is -0.115. The SMILES string of the molecule is Cc1ccc(C(=O)Nc2ccccc2C2SCC(=O)N2c2cc(C)ccc2F)cc1. The summed E-state index contributed by atoms with van der Waals surface area (Å²) in [5, 5.41) is 2.52. The summed E-state index contributed by atoms with van der Waals surface area (Å²) in [6, 6.07) is 19.4. The van der Waals surface area contributed by atoms with Crippen LogP contribution >= 0.6 is 11.8 Å². The van der Waals surface area contributed by atoms with Gasteiger partial charge in [0.05, 0.1) is 11.4 Å². The zero-order chi connectivity index (χ0) is 21.3. The zero-order valence-corrected chi connectivity index (χ0v) is 17.5. The van der Waals surface area contributed by atoms with E-state index in [0.29, 0.717) is 11.3 Å². The molecule has 1 heterocycles. The van der Waals surface area contributed by atoms with E-state index < -0.39 is 11.2 Å². The van der Waals surface area contributed by atoms with Crippen molar-refractivity contribution in [2.45, 2.75) is 19.2 Å². The molecular formula is C24H21FN2O2S. The van der Waals surface area contributed by atoms with Gasteiger partial charge in [0.15, 0.2) is 0 Å². The van der Waals surface area contributed by atoms with Crippen LogP contribution in [0.1, 0.15) is 32.4 Å². The number of rotatable bonds is 4. The highest BCUT2D eigenvalue weighted by atomic mass is 32.2. The van der Waals surface area contributed by atoms with E-state index >= 15 is 0 Å². The molecule has 1 aliphatic heterocycles. The molecule has 0 saturated carbocycles. The van der Waals surface area contributed by atoms with Crippen LogP contribution < -0.4 is 10.2 Å². The van der Waals surface area contributed by atoms with Crippen LogP contribution in [-0.4, -0.2) is 17.6 Å². The molecule has 1 N–H and O–H groups in total. The Morgan fingerprint density at radius 3 is 2.50 bits per heavy atom. The first-order valence-corrected chi connectivity index (χ1v) is 10.7. The van der Waals surface area contributed by atoms with Gasteiger partial charge in [0.2, 0.25) is 5.91 Å². The summed E-state index contributed by atoms with van der Waals surface area (Å²) in [7, 11) is 0. The minimum atomic E-state index is -0.442. The summed E-state index contributed by atoms with van der Waals surface area (Å²) in [6.07, 6.45) is 0. The van der Waals surface area contributed by atoms with Crippen molar-refractivity contribution < 1.29 is 14.0 Å². The molecule has 3 aromatic rings. The standard InChI is InChI=1S/C24H21FN2O2S/c1-15-7-10-17(11-8-15)23(29)26-20-6-4-3-5-18(20)24-27(22(28)14-30-24)21-13-16(2)9-12-19(21)25/h3-13,24H,14H2,1-2H3,(H,26,29). The highest BCUT2D eigenvalue weighted by Crippen LogP contribution is 2.45. The van der Waals surface area contributed by atoms with Crippen molar-refractivity contribution in [1.82, 2.24) is 0 Å². The maximum Gasteiger partial charge on any atom is 0.255 e. The van der Waals surface area contributed by atoms with Crippen molar-refractivity contribution >= 4 is 35.0 Å². The van der Waals surface area contributed by atoms with Crippen molar-refractivity contribution in [3.05, 3.63) is 94.8 Å². The molecule has 0 bridgehead atoms. The Morgan fingerprint density at radius 2 is 1.73 bits per heavy atom. The summed E-state index contributed by atoms with van der Waals surface area (Å²) in [5.74, 6) is -0.583. The Hall–Kier alpha value is -3.12. The van der Waals surface area contributed by atoms with Crippen molar-refractivity contribution in [3.8, 4) is 0 Å². The van der Waals surface area contributed by atoms with Gasteiger partial charge in [-0.25, -0.2) is 4.39 Å². The van der Waals surface area contributed by atoms with E-state index in [0.717, 1.165) is 16.7 Å². The van der Waals surface area contributed by atoms with Crippen LogP contribution in [0.4, 0.5) is 15.8 Å². The average Bonchev–Trinajstić information content (AvgIpc) is 3.11. The lowest BCUT2D eigenvalue weighted by Crippen LogP contribution is -2.29. The van der Waals surface area contributed by atoms with Crippen LogP contribution in [0.2, 0.25) is 0 Å². The number of carbonyl (C=O) groups excluding carboxylic acids is 2. The number of nitrogens with zero attached hydrogens (tertiary/aromatic N) is 1. The van der Waals surface area contributed by atoms with E-state index in [4.69, 9.17) is 0 Å². The van der Waals surface area contributed by atoms with E-state index in [9.17, 15) is 14.0 Å². The second kappa shape index (κ2) is 8.32. The number of carbonyl (C=O) groups is 2. The third-order valence-corrected chi connectivity index (χ3v) is 6.21. The summed E-state index contributed by atoms with van der Waals surface area (Å²) in [6.45, 7) is 3.83. The van der Waals surface area contributed by atoms with Gasteiger partial charge in [-0.15, -0.1) is 11.8 Å². The number of hydrogen-bond donors (Lipinski definition) is 1. The minimum absolute atomic E-state index is 0.158. The highest BCUT2D eigenvalue weighted by Gasteiger charge is 2.36.